The number of benzene rings is 1. The highest BCUT2D eigenvalue weighted by atomic mass is 35.6. The van der Waals surface area contributed by atoms with Gasteiger partial charge >= 0.3 is 5.97 Å². The summed E-state index contributed by atoms with van der Waals surface area (Å²) in [6.07, 6.45) is -1.39. The molecule has 0 heterocycles. The number of fused-ring (bicyclic) bond motifs is 1. The zero-order valence-corrected chi connectivity index (χ0v) is 11.5. The maximum Gasteiger partial charge on any atom is 0.359 e. The quantitative estimate of drug-likeness (QED) is 0.580. The van der Waals surface area contributed by atoms with Crippen LogP contribution in [0.2, 0.25) is 0 Å². The molecule has 0 aliphatic heterocycles. The lowest BCUT2D eigenvalue weighted by molar-refractivity contribution is -0.152. The zero-order chi connectivity index (χ0) is 13.3. The molecule has 98 valence electrons. The van der Waals surface area contributed by atoms with Crippen molar-refractivity contribution in [2.75, 3.05) is 0 Å². The fraction of sp³-hybridized carbons (Fsp3) is 0.417. The fourth-order valence-electron chi connectivity index (χ4n) is 2.00. The van der Waals surface area contributed by atoms with E-state index in [-0.39, 0.29) is 6.42 Å². The first-order valence-corrected chi connectivity index (χ1v) is 6.52. The highest BCUT2D eigenvalue weighted by Gasteiger charge is 2.39. The molecule has 0 spiro atoms. The van der Waals surface area contributed by atoms with Gasteiger partial charge in [-0.1, -0.05) is 59.1 Å². The first-order valence-electron chi connectivity index (χ1n) is 5.39. The summed E-state index contributed by atoms with van der Waals surface area (Å²) in [5.74, 6) is -1.06. The molecule has 0 saturated heterocycles. The van der Waals surface area contributed by atoms with Gasteiger partial charge in [0.15, 0.2) is 6.10 Å². The van der Waals surface area contributed by atoms with Crippen LogP contribution in [0.3, 0.4) is 0 Å². The number of carbonyl (C=O) groups is 1. The molecule has 2 nitrogen and oxygen atoms in total. The molecule has 1 aliphatic carbocycles. The third-order valence-electron chi connectivity index (χ3n) is 2.85. The Morgan fingerprint density at radius 3 is 2.67 bits per heavy atom. The summed E-state index contributed by atoms with van der Waals surface area (Å²) in [5.41, 5.74) is 1.59. The van der Waals surface area contributed by atoms with Crippen LogP contribution in [0.4, 0.5) is 4.39 Å². The molecular weight excluding hydrogens is 301 g/mol. The second kappa shape index (κ2) is 5.24. The summed E-state index contributed by atoms with van der Waals surface area (Å²) in [5, 5.41) is 0. The Labute approximate surface area is 119 Å². The average Bonchev–Trinajstić information content (AvgIpc) is 2.31. The number of rotatable bonds is 1. The SMILES string of the molecule is O=C(OC1c2ccccc2CCC1F)C(Cl)(Cl)Cl. The molecule has 2 atom stereocenters. The fourth-order valence-corrected chi connectivity index (χ4v) is 2.13. The van der Waals surface area contributed by atoms with E-state index in [1.165, 1.54) is 0 Å². The van der Waals surface area contributed by atoms with Gasteiger partial charge in [-0.05, 0) is 24.0 Å². The molecule has 1 aromatic rings. The van der Waals surface area contributed by atoms with Crippen LogP contribution in [0, 0.1) is 0 Å². The molecule has 6 heteroatoms. The summed E-state index contributed by atoms with van der Waals surface area (Å²) in [6.45, 7) is 0. The normalized spacial score (nSPS) is 23.3. The molecule has 0 radical (unpaired) electrons. The van der Waals surface area contributed by atoms with Gasteiger partial charge in [0.05, 0.1) is 0 Å². The largest absolute Gasteiger partial charge is 0.451 e. The van der Waals surface area contributed by atoms with E-state index in [9.17, 15) is 9.18 Å². The van der Waals surface area contributed by atoms with Gasteiger partial charge in [-0.2, -0.15) is 0 Å². The van der Waals surface area contributed by atoms with Gasteiger partial charge < -0.3 is 4.74 Å². The third kappa shape index (κ3) is 2.90. The summed E-state index contributed by atoms with van der Waals surface area (Å²) in [4.78, 5) is 11.5. The lowest BCUT2D eigenvalue weighted by Gasteiger charge is -2.29. The van der Waals surface area contributed by atoms with Crippen LogP contribution in [0.1, 0.15) is 23.7 Å². The minimum atomic E-state index is -2.19. The third-order valence-corrected chi connectivity index (χ3v) is 3.31. The van der Waals surface area contributed by atoms with Crippen molar-refractivity contribution in [3.8, 4) is 0 Å². The summed E-state index contributed by atoms with van der Waals surface area (Å²) < 4.78 is 16.7. The Balaban J connectivity index is 2.25. The molecule has 18 heavy (non-hydrogen) atoms. The first kappa shape index (κ1) is 13.9. The van der Waals surface area contributed by atoms with Crippen molar-refractivity contribution in [1.82, 2.24) is 0 Å². The number of hydrogen-bond acceptors (Lipinski definition) is 2. The van der Waals surface area contributed by atoms with Crippen LogP contribution >= 0.6 is 34.8 Å². The predicted octanol–water partition coefficient (Wildman–Crippen LogP) is 3.93. The molecule has 0 bridgehead atoms. The van der Waals surface area contributed by atoms with E-state index in [2.05, 4.69) is 0 Å². The maximum atomic E-state index is 13.9. The zero-order valence-electron chi connectivity index (χ0n) is 9.21. The Kier molecular flexibility index (Phi) is 4.05. The van der Waals surface area contributed by atoms with Gasteiger partial charge in [-0.15, -0.1) is 0 Å². The van der Waals surface area contributed by atoms with Gasteiger partial charge in [0.25, 0.3) is 3.79 Å². The molecule has 0 amide bonds. The van der Waals surface area contributed by atoms with Crippen molar-refractivity contribution in [1.29, 1.82) is 0 Å². The lowest BCUT2D eigenvalue weighted by Crippen LogP contribution is -2.31. The number of halogens is 4. The van der Waals surface area contributed by atoms with Gasteiger partial charge in [-0.3, -0.25) is 0 Å². The van der Waals surface area contributed by atoms with Crippen molar-refractivity contribution in [3.05, 3.63) is 35.4 Å². The van der Waals surface area contributed by atoms with Crippen molar-refractivity contribution < 1.29 is 13.9 Å². The van der Waals surface area contributed by atoms with Crippen LogP contribution in [0.25, 0.3) is 0 Å². The van der Waals surface area contributed by atoms with Crippen molar-refractivity contribution in [2.24, 2.45) is 0 Å². The van der Waals surface area contributed by atoms with Gasteiger partial charge in [0.1, 0.15) is 6.17 Å². The molecule has 2 rings (SSSR count). The highest BCUT2D eigenvalue weighted by molar-refractivity contribution is 6.75. The van der Waals surface area contributed by atoms with Crippen molar-refractivity contribution in [2.45, 2.75) is 28.9 Å². The second-order valence-electron chi connectivity index (χ2n) is 4.08. The number of ether oxygens (including phenoxy) is 1. The van der Waals surface area contributed by atoms with E-state index in [0.717, 1.165) is 5.56 Å². The van der Waals surface area contributed by atoms with E-state index in [4.69, 9.17) is 39.5 Å². The monoisotopic (exact) mass is 310 g/mol. The van der Waals surface area contributed by atoms with E-state index in [1.54, 1.807) is 12.1 Å². The van der Waals surface area contributed by atoms with Crippen LogP contribution in [0.15, 0.2) is 24.3 Å². The number of alkyl halides is 4. The Hall–Kier alpha value is -0.510. The smallest absolute Gasteiger partial charge is 0.359 e. The van der Waals surface area contributed by atoms with Gasteiger partial charge in [0.2, 0.25) is 0 Å². The Bertz CT molecular complexity index is 459. The van der Waals surface area contributed by atoms with Crippen LogP contribution in [-0.2, 0) is 16.0 Å². The Morgan fingerprint density at radius 2 is 2.00 bits per heavy atom. The first-order chi connectivity index (χ1) is 8.39. The maximum absolute atomic E-state index is 13.9. The van der Waals surface area contributed by atoms with Crippen LogP contribution < -0.4 is 0 Å². The number of hydrogen-bond donors (Lipinski definition) is 0. The molecule has 2 unspecified atom stereocenters. The molecule has 1 aromatic carbocycles. The topological polar surface area (TPSA) is 26.3 Å². The molecule has 0 fully saturated rings. The highest BCUT2D eigenvalue weighted by Crippen LogP contribution is 2.37. The minimum absolute atomic E-state index is 0.287. The van der Waals surface area contributed by atoms with E-state index in [0.29, 0.717) is 12.0 Å². The van der Waals surface area contributed by atoms with Crippen LogP contribution in [-0.4, -0.2) is 15.9 Å². The summed E-state index contributed by atoms with van der Waals surface area (Å²) >= 11 is 16.2. The second-order valence-corrected chi connectivity index (χ2v) is 6.36. The lowest BCUT2D eigenvalue weighted by atomic mass is 9.88. The molecule has 1 aliphatic rings. The molecular formula is C12H10Cl3FO2. The number of aryl methyl sites for hydroxylation is 1. The predicted molar refractivity (Wildman–Crippen MR) is 68.8 cm³/mol. The average molecular weight is 312 g/mol. The van der Waals surface area contributed by atoms with Gasteiger partial charge in [-0.25, -0.2) is 9.18 Å². The summed E-state index contributed by atoms with van der Waals surface area (Å²) in [6, 6.07) is 7.20. The Morgan fingerprint density at radius 1 is 1.33 bits per heavy atom. The van der Waals surface area contributed by atoms with E-state index < -0.39 is 22.0 Å². The number of carbonyl (C=O) groups excluding carboxylic acids is 1. The minimum Gasteiger partial charge on any atom is -0.451 e. The standard InChI is InChI=1S/C12H10Cl3FO2/c13-12(14,15)11(17)18-10-8-4-2-1-3-7(8)5-6-9(10)16/h1-4,9-10H,5-6H2. The van der Waals surface area contributed by atoms with E-state index in [1.807, 2.05) is 12.1 Å². The molecule has 0 aromatic heterocycles. The summed E-state index contributed by atoms with van der Waals surface area (Å²) in [7, 11) is 0. The van der Waals surface area contributed by atoms with Gasteiger partial charge in [0, 0.05) is 0 Å². The molecule has 0 N–H and O–H groups in total. The van der Waals surface area contributed by atoms with Crippen LogP contribution in [0.5, 0.6) is 0 Å². The van der Waals surface area contributed by atoms with E-state index >= 15 is 0 Å². The number of esters is 1. The van der Waals surface area contributed by atoms with Crippen molar-refractivity contribution in [3.63, 3.8) is 0 Å². The molecule has 0 saturated carbocycles. The van der Waals surface area contributed by atoms with Crippen molar-refractivity contribution >= 4 is 40.8 Å².